The van der Waals surface area contributed by atoms with Gasteiger partial charge in [-0.15, -0.1) is 0 Å². The molecule has 1 heterocycles. The zero-order chi connectivity index (χ0) is 14.2. The van der Waals surface area contributed by atoms with E-state index < -0.39 is 20.9 Å². The van der Waals surface area contributed by atoms with Crippen molar-refractivity contribution in [2.24, 2.45) is 5.11 Å². The van der Waals surface area contributed by atoms with E-state index in [-0.39, 0.29) is 22.9 Å². The Labute approximate surface area is 111 Å². The quantitative estimate of drug-likeness (QED) is 0.482. The molecule has 1 aliphatic heterocycles. The van der Waals surface area contributed by atoms with Gasteiger partial charge in [-0.25, -0.2) is 8.42 Å². The second-order valence-corrected chi connectivity index (χ2v) is 6.79. The maximum Gasteiger partial charge on any atom is 0.189 e. The van der Waals surface area contributed by atoms with Gasteiger partial charge in [-0.1, -0.05) is 31.1 Å². The first-order valence-electron chi connectivity index (χ1n) is 5.83. The molecule has 1 aromatic carbocycles. The molecule has 1 atom stereocenters. The number of carbonyl (C=O) groups is 1. The molecule has 0 amide bonds. The average molecular weight is 279 g/mol. The summed E-state index contributed by atoms with van der Waals surface area (Å²) in [6, 6.07) is 4.83. The number of hydrogen-bond acceptors (Lipinski definition) is 4. The number of azide groups is 1. The van der Waals surface area contributed by atoms with Gasteiger partial charge in [0.1, 0.15) is 5.25 Å². The lowest BCUT2D eigenvalue weighted by Crippen LogP contribution is -2.26. The fourth-order valence-electron chi connectivity index (χ4n) is 2.28. The molecule has 0 fully saturated rings. The van der Waals surface area contributed by atoms with Crippen LogP contribution in [0.5, 0.6) is 0 Å². The van der Waals surface area contributed by atoms with Crippen molar-refractivity contribution in [2.45, 2.75) is 29.9 Å². The van der Waals surface area contributed by atoms with Crippen molar-refractivity contribution >= 4 is 15.6 Å². The van der Waals surface area contributed by atoms with Crippen molar-refractivity contribution in [3.8, 4) is 0 Å². The number of Topliss-reactive ketones (excluding diaryl/α,β-unsaturated/α-hetero) is 1. The summed E-state index contributed by atoms with van der Waals surface area (Å²) in [5.41, 5.74) is 9.27. The second-order valence-electron chi connectivity index (χ2n) is 4.69. The first-order valence-corrected chi connectivity index (χ1v) is 7.37. The Morgan fingerprint density at radius 1 is 1.42 bits per heavy atom. The number of sulfone groups is 1. The molecule has 0 radical (unpaired) electrons. The van der Waals surface area contributed by atoms with Crippen molar-refractivity contribution in [2.75, 3.05) is 6.54 Å². The fourth-order valence-corrected chi connectivity index (χ4v) is 4.02. The van der Waals surface area contributed by atoms with E-state index in [0.717, 1.165) is 5.56 Å². The average Bonchev–Trinajstić information content (AvgIpc) is 2.55. The normalized spacial score (nSPS) is 20.2. The summed E-state index contributed by atoms with van der Waals surface area (Å²) in [5.74, 6) is -0.418. The van der Waals surface area contributed by atoms with Crippen LogP contribution in [0.2, 0.25) is 0 Å². The van der Waals surface area contributed by atoms with Gasteiger partial charge in [-0.2, -0.15) is 0 Å². The molecule has 0 bridgehead atoms. The van der Waals surface area contributed by atoms with Crippen LogP contribution in [0, 0.1) is 0 Å². The van der Waals surface area contributed by atoms with Crippen molar-refractivity contribution in [3.05, 3.63) is 39.8 Å². The molecule has 1 aromatic rings. The highest BCUT2D eigenvalue weighted by Crippen LogP contribution is 2.36. The largest absolute Gasteiger partial charge is 0.293 e. The van der Waals surface area contributed by atoms with E-state index in [1.165, 1.54) is 6.07 Å². The third kappa shape index (κ3) is 2.01. The number of carbonyl (C=O) groups excluding carboxylic acids is 1. The summed E-state index contributed by atoms with van der Waals surface area (Å²) in [5, 5.41) is 1.96. The van der Waals surface area contributed by atoms with E-state index >= 15 is 0 Å². The van der Waals surface area contributed by atoms with Gasteiger partial charge < -0.3 is 0 Å². The lowest BCUT2D eigenvalue weighted by atomic mass is 9.94. The topological polar surface area (TPSA) is 100.0 Å². The van der Waals surface area contributed by atoms with E-state index in [0.29, 0.717) is 0 Å². The standard InChI is InChI=1S/C12H13N3O3S/c1-7(2)8-4-3-5-9-11(8)12(16)10(6-14-15-13)19(9,17)18/h3-5,7,10H,6H2,1-2H3. The van der Waals surface area contributed by atoms with E-state index in [4.69, 9.17) is 5.53 Å². The Morgan fingerprint density at radius 2 is 2.11 bits per heavy atom. The molecular weight excluding hydrogens is 266 g/mol. The Balaban J connectivity index is 2.66. The van der Waals surface area contributed by atoms with Crippen LogP contribution < -0.4 is 0 Å². The van der Waals surface area contributed by atoms with Crippen LogP contribution in [0.4, 0.5) is 0 Å². The predicted octanol–water partition coefficient (Wildman–Crippen LogP) is 2.46. The van der Waals surface area contributed by atoms with Crippen LogP contribution in [0.1, 0.15) is 35.7 Å². The van der Waals surface area contributed by atoms with Gasteiger partial charge in [0.15, 0.2) is 15.6 Å². The minimum Gasteiger partial charge on any atom is -0.293 e. The highest BCUT2D eigenvalue weighted by Gasteiger charge is 2.45. The molecule has 2 rings (SSSR count). The molecule has 1 aliphatic rings. The van der Waals surface area contributed by atoms with E-state index in [1.54, 1.807) is 12.1 Å². The Kier molecular flexibility index (Phi) is 3.34. The van der Waals surface area contributed by atoms with Gasteiger partial charge in [-0.3, -0.25) is 4.79 Å². The number of fused-ring (bicyclic) bond motifs is 1. The van der Waals surface area contributed by atoms with Crippen LogP contribution >= 0.6 is 0 Å². The minimum atomic E-state index is -3.74. The smallest absolute Gasteiger partial charge is 0.189 e. The number of rotatable bonds is 3. The summed E-state index contributed by atoms with van der Waals surface area (Å²) in [4.78, 5) is 14.9. The summed E-state index contributed by atoms with van der Waals surface area (Å²) in [6.07, 6.45) is 0. The maximum atomic E-state index is 12.3. The Morgan fingerprint density at radius 3 is 2.68 bits per heavy atom. The van der Waals surface area contributed by atoms with E-state index in [2.05, 4.69) is 10.0 Å². The summed E-state index contributed by atoms with van der Waals surface area (Å²) in [7, 11) is -3.74. The molecule has 0 spiro atoms. The van der Waals surface area contributed by atoms with Gasteiger partial charge in [0.05, 0.1) is 11.4 Å². The summed E-state index contributed by atoms with van der Waals surface area (Å²) < 4.78 is 24.5. The van der Waals surface area contributed by atoms with Crippen LogP contribution in [0.3, 0.4) is 0 Å². The molecule has 0 N–H and O–H groups in total. The molecule has 0 aromatic heterocycles. The number of nitrogens with zero attached hydrogens (tertiary/aromatic N) is 3. The van der Waals surface area contributed by atoms with Crippen molar-refractivity contribution in [3.63, 3.8) is 0 Å². The monoisotopic (exact) mass is 279 g/mol. The van der Waals surface area contributed by atoms with E-state index in [1.807, 2.05) is 13.8 Å². The van der Waals surface area contributed by atoms with Gasteiger partial charge in [0, 0.05) is 10.5 Å². The van der Waals surface area contributed by atoms with Gasteiger partial charge in [0.25, 0.3) is 0 Å². The highest BCUT2D eigenvalue weighted by molar-refractivity contribution is 7.93. The molecular formula is C12H13N3O3S. The first kappa shape index (κ1) is 13.6. The summed E-state index contributed by atoms with van der Waals surface area (Å²) in [6.45, 7) is 3.44. The van der Waals surface area contributed by atoms with Crippen LogP contribution in [-0.2, 0) is 9.84 Å². The molecule has 0 saturated carbocycles. The highest BCUT2D eigenvalue weighted by atomic mass is 32.2. The molecule has 0 aliphatic carbocycles. The Bertz CT molecular complexity index is 688. The van der Waals surface area contributed by atoms with Crippen LogP contribution in [0.15, 0.2) is 28.2 Å². The van der Waals surface area contributed by atoms with Crippen molar-refractivity contribution < 1.29 is 13.2 Å². The van der Waals surface area contributed by atoms with Crippen molar-refractivity contribution in [1.82, 2.24) is 0 Å². The molecule has 1 unspecified atom stereocenters. The van der Waals surface area contributed by atoms with Gasteiger partial charge >= 0.3 is 0 Å². The number of ketones is 1. The first-order chi connectivity index (χ1) is 8.91. The molecule has 0 saturated heterocycles. The second kappa shape index (κ2) is 4.68. The zero-order valence-electron chi connectivity index (χ0n) is 10.6. The molecule has 6 nitrogen and oxygen atoms in total. The molecule has 100 valence electrons. The molecule has 7 heteroatoms. The SMILES string of the molecule is CC(C)c1cccc2c1C(=O)C(CN=[N+]=[N-])S2(=O)=O. The maximum absolute atomic E-state index is 12.3. The van der Waals surface area contributed by atoms with Gasteiger partial charge in [0.2, 0.25) is 0 Å². The lowest BCUT2D eigenvalue weighted by Gasteiger charge is -2.09. The Hall–Kier alpha value is -1.85. The predicted molar refractivity (Wildman–Crippen MR) is 69.8 cm³/mol. The molecule has 19 heavy (non-hydrogen) atoms. The number of benzene rings is 1. The third-order valence-corrected chi connectivity index (χ3v) is 5.28. The lowest BCUT2D eigenvalue weighted by molar-refractivity contribution is 0.0991. The van der Waals surface area contributed by atoms with Crippen LogP contribution in [-0.4, -0.2) is 26.0 Å². The summed E-state index contributed by atoms with van der Waals surface area (Å²) >= 11 is 0. The van der Waals surface area contributed by atoms with Crippen LogP contribution in [0.25, 0.3) is 10.4 Å². The van der Waals surface area contributed by atoms with Crippen molar-refractivity contribution in [1.29, 1.82) is 0 Å². The number of hydrogen-bond donors (Lipinski definition) is 0. The zero-order valence-corrected chi connectivity index (χ0v) is 11.4. The van der Waals surface area contributed by atoms with Gasteiger partial charge in [-0.05, 0) is 23.1 Å². The third-order valence-electron chi connectivity index (χ3n) is 3.21. The fraction of sp³-hybridized carbons (Fsp3) is 0.417. The minimum absolute atomic E-state index is 0.0484. The van der Waals surface area contributed by atoms with E-state index in [9.17, 15) is 13.2 Å².